The molecule has 4 rings (SSSR count). The van der Waals surface area contributed by atoms with Gasteiger partial charge in [-0.1, -0.05) is 53.8 Å². The van der Waals surface area contributed by atoms with Gasteiger partial charge in [-0.3, -0.25) is 10.1 Å². The molecule has 0 fully saturated rings. The number of para-hydroxylation sites is 1. The molecule has 0 unspecified atom stereocenters. The first kappa shape index (κ1) is 15.3. The Bertz CT molecular complexity index is 978. The topological polar surface area (TPSA) is 77.2 Å². The van der Waals surface area contributed by atoms with Crippen LogP contribution in [0.3, 0.4) is 0 Å². The smallest absolute Gasteiger partial charge is 0.296 e. The second kappa shape index (κ2) is 6.74. The van der Waals surface area contributed by atoms with Crippen LogP contribution in [0, 0.1) is 0 Å². The zero-order valence-corrected chi connectivity index (χ0v) is 13.8. The number of amides is 1. The minimum absolute atomic E-state index is 0.0716. The molecule has 1 amide bonds. The molecular weight excluding hydrogens is 338 g/mol. The van der Waals surface area contributed by atoms with Gasteiger partial charge in [0.2, 0.25) is 5.76 Å². The molecule has 0 bridgehead atoms. The van der Waals surface area contributed by atoms with E-state index in [1.54, 1.807) is 0 Å². The van der Waals surface area contributed by atoms with Crippen molar-refractivity contribution < 1.29 is 14.1 Å². The van der Waals surface area contributed by atoms with Crippen molar-refractivity contribution in [3.8, 4) is 5.88 Å². The molecule has 7 heteroatoms. The number of ether oxygens (including phenoxy) is 1. The molecule has 2 heterocycles. The average Bonchev–Trinajstić information content (AvgIpc) is 3.27. The molecule has 0 aliphatic heterocycles. The van der Waals surface area contributed by atoms with Gasteiger partial charge in [-0.25, -0.2) is 4.98 Å². The van der Waals surface area contributed by atoms with Gasteiger partial charge in [0.05, 0.1) is 16.3 Å². The van der Waals surface area contributed by atoms with E-state index in [1.807, 2.05) is 54.6 Å². The summed E-state index contributed by atoms with van der Waals surface area (Å²) in [5.41, 5.74) is 1.85. The summed E-state index contributed by atoms with van der Waals surface area (Å²) in [7, 11) is 0. The van der Waals surface area contributed by atoms with Gasteiger partial charge in [-0.05, 0) is 22.9 Å². The maximum absolute atomic E-state index is 12.2. The van der Waals surface area contributed by atoms with Crippen LogP contribution in [0.1, 0.15) is 16.1 Å². The fourth-order valence-electron chi connectivity index (χ4n) is 2.25. The van der Waals surface area contributed by atoms with Gasteiger partial charge in [-0.2, -0.15) is 0 Å². The van der Waals surface area contributed by atoms with E-state index in [0.29, 0.717) is 11.7 Å². The van der Waals surface area contributed by atoms with E-state index < -0.39 is 5.91 Å². The van der Waals surface area contributed by atoms with Gasteiger partial charge >= 0.3 is 0 Å². The molecule has 0 spiro atoms. The van der Waals surface area contributed by atoms with Crippen LogP contribution in [-0.2, 0) is 6.61 Å². The van der Waals surface area contributed by atoms with Gasteiger partial charge in [0, 0.05) is 0 Å². The molecule has 0 aliphatic carbocycles. The van der Waals surface area contributed by atoms with Crippen LogP contribution in [0.5, 0.6) is 5.88 Å². The lowest BCUT2D eigenvalue weighted by molar-refractivity contribution is 0.0987. The molecule has 2 aromatic carbocycles. The summed E-state index contributed by atoms with van der Waals surface area (Å²) >= 11 is 1.40. The number of fused-ring (bicyclic) bond motifs is 1. The van der Waals surface area contributed by atoms with Crippen LogP contribution in [0.4, 0.5) is 5.13 Å². The van der Waals surface area contributed by atoms with Gasteiger partial charge in [-0.15, -0.1) is 0 Å². The van der Waals surface area contributed by atoms with Crippen molar-refractivity contribution in [3.63, 3.8) is 0 Å². The standard InChI is InChI=1S/C18H13N3O3S/c22-17(20-18-19-13-8-4-5-9-15(13)25-18)14-10-16(21-24-14)23-11-12-6-2-1-3-7-12/h1-10H,11H2,(H,19,20,22). The largest absolute Gasteiger partial charge is 0.471 e. The lowest BCUT2D eigenvalue weighted by Crippen LogP contribution is -2.10. The van der Waals surface area contributed by atoms with Crippen molar-refractivity contribution in [1.82, 2.24) is 10.1 Å². The summed E-state index contributed by atoms with van der Waals surface area (Å²) in [4.78, 5) is 16.6. The van der Waals surface area contributed by atoms with Gasteiger partial charge in [0.1, 0.15) is 6.61 Å². The van der Waals surface area contributed by atoms with E-state index in [-0.39, 0.29) is 11.6 Å². The number of nitrogens with one attached hydrogen (secondary N) is 1. The van der Waals surface area contributed by atoms with Gasteiger partial charge in [0.25, 0.3) is 11.8 Å². The summed E-state index contributed by atoms with van der Waals surface area (Å²) in [6, 6.07) is 18.8. The highest BCUT2D eigenvalue weighted by Gasteiger charge is 2.16. The molecular formula is C18H13N3O3S. The molecule has 1 N–H and O–H groups in total. The minimum Gasteiger partial charge on any atom is -0.471 e. The number of hydrogen-bond donors (Lipinski definition) is 1. The van der Waals surface area contributed by atoms with Gasteiger partial charge in [0.15, 0.2) is 5.13 Å². The van der Waals surface area contributed by atoms with Crippen molar-refractivity contribution in [2.75, 3.05) is 5.32 Å². The Labute approximate surface area is 147 Å². The second-order valence-corrected chi connectivity index (χ2v) is 6.28. The minimum atomic E-state index is -0.416. The van der Waals surface area contributed by atoms with Crippen LogP contribution >= 0.6 is 11.3 Å². The number of carbonyl (C=O) groups excluding carboxylic acids is 1. The Morgan fingerprint density at radius 1 is 1.12 bits per heavy atom. The number of carbonyl (C=O) groups is 1. The van der Waals surface area contributed by atoms with E-state index >= 15 is 0 Å². The number of benzene rings is 2. The first-order chi connectivity index (χ1) is 12.3. The third-order valence-corrected chi connectivity index (χ3v) is 4.41. The number of nitrogens with zero attached hydrogens (tertiary/aromatic N) is 2. The van der Waals surface area contributed by atoms with E-state index in [1.165, 1.54) is 17.4 Å². The predicted molar refractivity (Wildman–Crippen MR) is 94.9 cm³/mol. The van der Waals surface area contributed by atoms with Crippen LogP contribution < -0.4 is 10.1 Å². The average molecular weight is 351 g/mol. The number of aromatic nitrogens is 2. The molecule has 4 aromatic rings. The maximum atomic E-state index is 12.2. The molecule has 124 valence electrons. The highest BCUT2D eigenvalue weighted by molar-refractivity contribution is 7.22. The van der Waals surface area contributed by atoms with Crippen molar-refractivity contribution in [3.05, 3.63) is 72.0 Å². The van der Waals surface area contributed by atoms with E-state index in [4.69, 9.17) is 9.26 Å². The highest BCUT2D eigenvalue weighted by atomic mass is 32.1. The van der Waals surface area contributed by atoms with Crippen molar-refractivity contribution in [2.45, 2.75) is 6.61 Å². The molecule has 25 heavy (non-hydrogen) atoms. The zero-order valence-electron chi connectivity index (χ0n) is 13.0. The SMILES string of the molecule is O=C(Nc1nc2ccccc2s1)c1cc(OCc2ccccc2)no1. The number of anilines is 1. The number of hydrogen-bond acceptors (Lipinski definition) is 6. The third-order valence-electron chi connectivity index (χ3n) is 3.46. The quantitative estimate of drug-likeness (QED) is 0.585. The second-order valence-electron chi connectivity index (χ2n) is 5.24. The van der Waals surface area contributed by atoms with E-state index in [2.05, 4.69) is 15.5 Å². The van der Waals surface area contributed by atoms with Crippen LogP contribution in [-0.4, -0.2) is 16.0 Å². The summed E-state index contributed by atoms with van der Waals surface area (Å²) in [5.74, 6) is -0.0817. The Morgan fingerprint density at radius 3 is 2.76 bits per heavy atom. The summed E-state index contributed by atoms with van der Waals surface area (Å²) in [5, 5.41) is 6.98. The zero-order chi connectivity index (χ0) is 17.1. The van der Waals surface area contributed by atoms with Crippen molar-refractivity contribution in [2.24, 2.45) is 0 Å². The lowest BCUT2D eigenvalue weighted by atomic mass is 10.2. The van der Waals surface area contributed by atoms with Crippen molar-refractivity contribution in [1.29, 1.82) is 0 Å². The van der Waals surface area contributed by atoms with Crippen molar-refractivity contribution >= 4 is 32.6 Å². The normalized spacial score (nSPS) is 10.7. The molecule has 0 saturated heterocycles. The summed E-state index contributed by atoms with van der Waals surface area (Å²) < 4.78 is 11.6. The molecule has 6 nitrogen and oxygen atoms in total. The lowest BCUT2D eigenvalue weighted by Gasteiger charge is -2.00. The fraction of sp³-hybridized carbons (Fsp3) is 0.0556. The number of thiazole rings is 1. The fourth-order valence-corrected chi connectivity index (χ4v) is 3.11. The monoisotopic (exact) mass is 351 g/mol. The Balaban J connectivity index is 1.41. The van der Waals surface area contributed by atoms with Gasteiger partial charge < -0.3 is 9.26 Å². The van der Waals surface area contributed by atoms with E-state index in [0.717, 1.165) is 15.8 Å². The summed E-state index contributed by atoms with van der Waals surface area (Å²) in [6.07, 6.45) is 0. The predicted octanol–water partition coefficient (Wildman–Crippen LogP) is 4.12. The van der Waals surface area contributed by atoms with Crippen LogP contribution in [0.15, 0.2) is 65.2 Å². The van der Waals surface area contributed by atoms with Crippen LogP contribution in [0.2, 0.25) is 0 Å². The first-order valence-corrected chi connectivity index (χ1v) is 8.40. The molecule has 0 atom stereocenters. The Kier molecular flexibility index (Phi) is 4.14. The molecule has 0 radical (unpaired) electrons. The number of rotatable bonds is 5. The van der Waals surface area contributed by atoms with Crippen LogP contribution in [0.25, 0.3) is 10.2 Å². The maximum Gasteiger partial charge on any atom is 0.296 e. The highest BCUT2D eigenvalue weighted by Crippen LogP contribution is 2.26. The Morgan fingerprint density at radius 2 is 1.92 bits per heavy atom. The van der Waals surface area contributed by atoms with E-state index in [9.17, 15) is 4.79 Å². The molecule has 0 saturated carbocycles. The summed E-state index contributed by atoms with van der Waals surface area (Å²) in [6.45, 7) is 0.353. The molecule has 0 aliphatic rings. The third kappa shape index (κ3) is 3.51. The molecule has 2 aromatic heterocycles. The Hall–Kier alpha value is -3.19. The first-order valence-electron chi connectivity index (χ1n) is 7.58.